The summed E-state index contributed by atoms with van der Waals surface area (Å²) < 4.78 is 41.8. The quantitative estimate of drug-likeness (QED) is 0.242. The van der Waals surface area contributed by atoms with Crippen LogP contribution in [-0.2, 0) is 29.4 Å². The van der Waals surface area contributed by atoms with E-state index in [-0.39, 0.29) is 11.8 Å². The molecule has 0 saturated carbocycles. The number of benzene rings is 3. The Morgan fingerprint density at radius 2 is 1.50 bits per heavy atom. The fourth-order valence-corrected chi connectivity index (χ4v) is 5.98. The highest BCUT2D eigenvalue weighted by atomic mass is 32.2. The molecule has 4 aromatic rings. The van der Waals surface area contributed by atoms with Gasteiger partial charge in [-0.05, 0) is 85.7 Å². The number of hydrogen-bond donors (Lipinski definition) is 1. The van der Waals surface area contributed by atoms with Crippen molar-refractivity contribution < 1.29 is 23.1 Å². The van der Waals surface area contributed by atoms with Gasteiger partial charge in [0.15, 0.2) is 0 Å². The first kappa shape index (κ1) is 29.8. The van der Waals surface area contributed by atoms with E-state index in [0.717, 1.165) is 55.2 Å². The van der Waals surface area contributed by atoms with E-state index in [4.69, 9.17) is 0 Å². The fourth-order valence-electron chi connectivity index (χ4n) is 4.72. The maximum Gasteiger partial charge on any atom is 0.416 e. The second kappa shape index (κ2) is 10.7. The van der Waals surface area contributed by atoms with Crippen LogP contribution < -0.4 is 0 Å². The van der Waals surface area contributed by atoms with Crippen molar-refractivity contribution in [1.29, 1.82) is 0 Å². The summed E-state index contributed by atoms with van der Waals surface area (Å²) in [5, 5.41) is 11.1. The molecule has 3 nitrogen and oxygen atoms in total. The van der Waals surface area contributed by atoms with Crippen LogP contribution in [0.3, 0.4) is 0 Å². The lowest BCUT2D eigenvalue weighted by Gasteiger charge is -2.22. The standard InChI is InChI=1S/C33H36F3NO2S/c1-20-8-9-21(2)28(16-20)40-29-25-17-24(31(3,4)5)14-15-26(25)37(27(29)18-32(6,7)30(38)39)19-22-10-12-23(13-11-22)33(34,35)36/h8-17H,18-19H2,1-7H3,(H,38,39). The topological polar surface area (TPSA) is 42.2 Å². The molecule has 0 aliphatic rings. The van der Waals surface area contributed by atoms with E-state index in [0.29, 0.717) is 12.1 Å². The molecule has 0 fully saturated rings. The summed E-state index contributed by atoms with van der Waals surface area (Å²) in [6, 6.07) is 17.8. The van der Waals surface area contributed by atoms with Gasteiger partial charge < -0.3 is 9.67 Å². The predicted octanol–water partition coefficient (Wildman–Crippen LogP) is 9.43. The smallest absolute Gasteiger partial charge is 0.416 e. The van der Waals surface area contributed by atoms with Crippen LogP contribution in [0.4, 0.5) is 13.2 Å². The number of aliphatic carboxylic acids is 1. The third-order valence-electron chi connectivity index (χ3n) is 7.35. The molecule has 212 valence electrons. The van der Waals surface area contributed by atoms with Crippen LogP contribution >= 0.6 is 11.8 Å². The molecule has 1 heterocycles. The molecule has 0 unspecified atom stereocenters. The number of nitrogens with zero attached hydrogens (tertiary/aromatic N) is 1. The summed E-state index contributed by atoms with van der Waals surface area (Å²) in [5.41, 5.74) is 4.04. The fraction of sp³-hybridized carbons (Fsp3) is 0.364. The highest BCUT2D eigenvalue weighted by Gasteiger charge is 2.33. The molecule has 40 heavy (non-hydrogen) atoms. The minimum atomic E-state index is -4.41. The molecule has 3 aromatic carbocycles. The Morgan fingerprint density at radius 1 is 0.875 bits per heavy atom. The van der Waals surface area contributed by atoms with Gasteiger partial charge in [-0.15, -0.1) is 0 Å². The van der Waals surface area contributed by atoms with E-state index in [9.17, 15) is 23.1 Å². The average Bonchev–Trinajstić information content (AvgIpc) is 3.11. The summed E-state index contributed by atoms with van der Waals surface area (Å²) in [7, 11) is 0. The summed E-state index contributed by atoms with van der Waals surface area (Å²) in [6.07, 6.45) is -4.15. The third kappa shape index (κ3) is 6.25. The van der Waals surface area contributed by atoms with E-state index in [1.165, 1.54) is 12.1 Å². The maximum absolute atomic E-state index is 13.2. The number of carbonyl (C=O) groups is 1. The maximum atomic E-state index is 13.2. The van der Waals surface area contributed by atoms with Crippen LogP contribution in [0, 0.1) is 19.3 Å². The molecular weight excluding hydrogens is 531 g/mol. The molecule has 0 spiro atoms. The van der Waals surface area contributed by atoms with Gasteiger partial charge in [0.1, 0.15) is 0 Å². The number of alkyl halides is 3. The molecule has 1 aromatic heterocycles. The summed E-state index contributed by atoms with van der Waals surface area (Å²) in [4.78, 5) is 14.3. The van der Waals surface area contributed by atoms with Crippen molar-refractivity contribution in [3.63, 3.8) is 0 Å². The molecule has 0 radical (unpaired) electrons. The Bertz CT molecular complexity index is 1560. The van der Waals surface area contributed by atoms with E-state index >= 15 is 0 Å². The van der Waals surface area contributed by atoms with Crippen LogP contribution in [0.2, 0.25) is 0 Å². The van der Waals surface area contributed by atoms with Crippen LogP contribution in [0.1, 0.15) is 68.1 Å². The lowest BCUT2D eigenvalue weighted by molar-refractivity contribution is -0.147. The number of rotatable bonds is 7. The largest absolute Gasteiger partial charge is 0.481 e. The second-order valence-corrected chi connectivity index (χ2v) is 13.3. The first-order valence-electron chi connectivity index (χ1n) is 13.3. The number of carboxylic acid groups (broad SMARTS) is 1. The van der Waals surface area contributed by atoms with Crippen molar-refractivity contribution in [2.45, 2.75) is 82.8 Å². The van der Waals surface area contributed by atoms with E-state index in [1.807, 2.05) is 6.92 Å². The highest BCUT2D eigenvalue weighted by molar-refractivity contribution is 7.99. The van der Waals surface area contributed by atoms with E-state index in [2.05, 4.69) is 68.7 Å². The van der Waals surface area contributed by atoms with Gasteiger partial charge in [-0.25, -0.2) is 0 Å². The van der Waals surface area contributed by atoms with E-state index < -0.39 is 23.1 Å². The Kier molecular flexibility index (Phi) is 7.94. The van der Waals surface area contributed by atoms with Gasteiger partial charge in [0.2, 0.25) is 0 Å². The number of halogens is 3. The summed E-state index contributed by atoms with van der Waals surface area (Å²) in [6.45, 7) is 14.3. The number of fused-ring (bicyclic) bond motifs is 1. The van der Waals surface area contributed by atoms with Crippen LogP contribution in [0.15, 0.2) is 70.5 Å². The Hall–Kier alpha value is -3.19. The lowest BCUT2D eigenvalue weighted by atomic mass is 9.86. The molecule has 0 atom stereocenters. The molecule has 0 amide bonds. The molecule has 4 rings (SSSR count). The molecule has 0 saturated heterocycles. The third-order valence-corrected chi connectivity index (χ3v) is 8.67. The first-order valence-corrected chi connectivity index (χ1v) is 14.1. The van der Waals surface area contributed by atoms with Crippen molar-refractivity contribution in [2.75, 3.05) is 0 Å². The second-order valence-electron chi connectivity index (χ2n) is 12.3. The predicted molar refractivity (Wildman–Crippen MR) is 156 cm³/mol. The monoisotopic (exact) mass is 567 g/mol. The van der Waals surface area contributed by atoms with Crippen LogP contribution in [0.5, 0.6) is 0 Å². The van der Waals surface area contributed by atoms with Gasteiger partial charge >= 0.3 is 12.1 Å². The zero-order chi connectivity index (χ0) is 29.6. The number of aromatic nitrogens is 1. The van der Waals surface area contributed by atoms with Gasteiger partial charge in [-0.2, -0.15) is 13.2 Å². The normalized spacial score (nSPS) is 12.8. The van der Waals surface area contributed by atoms with Crippen molar-refractivity contribution in [3.05, 3.63) is 94.2 Å². The van der Waals surface area contributed by atoms with Gasteiger partial charge in [0.05, 0.1) is 11.0 Å². The molecule has 0 bridgehead atoms. The first-order chi connectivity index (χ1) is 18.5. The number of aryl methyl sites for hydroxylation is 2. The SMILES string of the molecule is Cc1ccc(C)c(Sc2c(CC(C)(C)C(=O)O)n(Cc3ccc(C(F)(F)F)cc3)c3ccc(C(C)(C)C)cc23)c1. The number of hydrogen-bond acceptors (Lipinski definition) is 2. The zero-order valence-electron chi connectivity index (χ0n) is 24.0. The van der Waals surface area contributed by atoms with Gasteiger partial charge in [-0.1, -0.05) is 62.9 Å². The van der Waals surface area contributed by atoms with Crippen molar-refractivity contribution in [3.8, 4) is 0 Å². The molecular formula is C33H36F3NO2S. The molecule has 7 heteroatoms. The number of carboxylic acids is 1. The Labute approximate surface area is 238 Å². The van der Waals surface area contributed by atoms with Crippen molar-refractivity contribution >= 4 is 28.6 Å². The van der Waals surface area contributed by atoms with Crippen molar-refractivity contribution in [1.82, 2.24) is 4.57 Å². The minimum Gasteiger partial charge on any atom is -0.481 e. The van der Waals surface area contributed by atoms with Gasteiger partial charge in [0, 0.05) is 39.4 Å². The van der Waals surface area contributed by atoms with E-state index in [1.54, 1.807) is 25.6 Å². The molecule has 0 aliphatic carbocycles. The molecule has 0 aliphatic heterocycles. The molecule has 1 N–H and O–H groups in total. The van der Waals surface area contributed by atoms with Crippen molar-refractivity contribution in [2.24, 2.45) is 5.41 Å². The lowest BCUT2D eigenvalue weighted by Crippen LogP contribution is -2.27. The van der Waals surface area contributed by atoms with Gasteiger partial charge in [0.25, 0.3) is 0 Å². The summed E-state index contributed by atoms with van der Waals surface area (Å²) >= 11 is 1.63. The van der Waals surface area contributed by atoms with Crippen LogP contribution in [0.25, 0.3) is 10.9 Å². The highest BCUT2D eigenvalue weighted by Crippen LogP contribution is 2.44. The zero-order valence-corrected chi connectivity index (χ0v) is 24.8. The average molecular weight is 568 g/mol. The van der Waals surface area contributed by atoms with Gasteiger partial charge in [-0.3, -0.25) is 4.79 Å². The Balaban J connectivity index is 1.98. The summed E-state index contributed by atoms with van der Waals surface area (Å²) in [5.74, 6) is -0.906. The van der Waals surface area contributed by atoms with Crippen LogP contribution in [-0.4, -0.2) is 15.6 Å². The minimum absolute atomic E-state index is 0.106. The Morgan fingerprint density at radius 3 is 2.08 bits per heavy atom.